The molecule has 3 heteroatoms. The van der Waals surface area contributed by atoms with Gasteiger partial charge in [0.05, 0.1) is 11.7 Å². The number of carbonyl (C=O) groups is 1. The van der Waals surface area contributed by atoms with Crippen LogP contribution in [-0.4, -0.2) is 14.1 Å². The van der Waals surface area contributed by atoms with Gasteiger partial charge >= 0.3 is 0 Å². The zero-order chi connectivity index (χ0) is 21.2. The molecule has 0 aliphatic heterocycles. The summed E-state index contributed by atoms with van der Waals surface area (Å²) in [5.74, 6) is 0.947. The highest BCUT2D eigenvalue weighted by Crippen LogP contribution is 2.50. The smallest absolute Gasteiger partial charge is 0.258 e. The summed E-state index contributed by atoms with van der Waals surface area (Å²) in [6.07, 6.45) is 0.756. The van der Waals surface area contributed by atoms with Crippen molar-refractivity contribution in [3.05, 3.63) is 77.5 Å². The Labute approximate surface area is 177 Å². The minimum absolute atomic E-state index is 0.171. The standard InChI is InChI=1S/C26H34O2Si/c1-18(2)29(19(3)4,20(5)6)28-26-23(21-13-9-7-10-14-21)17-24(26)25(27)22-15-11-8-12-16-22/h7-16,18-20,24H,17H2,1-6H3. The molecule has 0 radical (unpaired) electrons. The van der Waals surface area contributed by atoms with Gasteiger partial charge in [0.2, 0.25) is 0 Å². The summed E-state index contributed by atoms with van der Waals surface area (Å²) in [4.78, 5) is 13.3. The van der Waals surface area contributed by atoms with Gasteiger partial charge in [0.25, 0.3) is 8.32 Å². The Morgan fingerprint density at radius 1 is 0.828 bits per heavy atom. The van der Waals surface area contributed by atoms with Crippen LogP contribution < -0.4 is 0 Å². The molecular weight excluding hydrogens is 372 g/mol. The summed E-state index contributed by atoms with van der Waals surface area (Å²) in [5, 5.41) is 0. The van der Waals surface area contributed by atoms with Gasteiger partial charge in [-0.15, -0.1) is 0 Å². The molecule has 0 bridgehead atoms. The molecule has 154 valence electrons. The fourth-order valence-electron chi connectivity index (χ4n) is 5.07. The van der Waals surface area contributed by atoms with Crippen LogP contribution in [0.15, 0.2) is 66.4 Å². The molecule has 1 unspecified atom stereocenters. The Bertz CT molecular complexity index is 844. The fraction of sp³-hybridized carbons (Fsp3) is 0.423. The van der Waals surface area contributed by atoms with Crippen LogP contribution >= 0.6 is 0 Å². The number of carbonyl (C=O) groups excluding carboxylic acids is 1. The Morgan fingerprint density at radius 2 is 1.31 bits per heavy atom. The normalized spacial score (nSPS) is 17.1. The highest BCUT2D eigenvalue weighted by atomic mass is 28.4. The van der Waals surface area contributed by atoms with Crippen molar-refractivity contribution < 1.29 is 9.22 Å². The molecule has 3 rings (SSSR count). The summed E-state index contributed by atoms with van der Waals surface area (Å²) in [7, 11) is -2.13. The maximum atomic E-state index is 13.3. The zero-order valence-corrected chi connectivity index (χ0v) is 19.6. The van der Waals surface area contributed by atoms with Gasteiger partial charge in [-0.2, -0.15) is 0 Å². The van der Waals surface area contributed by atoms with E-state index in [0.717, 1.165) is 17.7 Å². The van der Waals surface area contributed by atoms with Crippen molar-refractivity contribution >= 4 is 19.7 Å². The second-order valence-corrected chi connectivity index (χ2v) is 14.5. The van der Waals surface area contributed by atoms with Crippen LogP contribution in [0.4, 0.5) is 0 Å². The van der Waals surface area contributed by atoms with E-state index >= 15 is 0 Å². The molecule has 2 aromatic rings. The van der Waals surface area contributed by atoms with Crippen LogP contribution in [-0.2, 0) is 4.43 Å². The molecule has 0 saturated carbocycles. The van der Waals surface area contributed by atoms with Crippen LogP contribution in [0.2, 0.25) is 16.6 Å². The van der Waals surface area contributed by atoms with Crippen molar-refractivity contribution in [2.24, 2.45) is 5.92 Å². The second-order valence-electron chi connectivity index (χ2n) is 9.12. The Balaban J connectivity index is 2.06. The van der Waals surface area contributed by atoms with Crippen molar-refractivity contribution in [2.75, 3.05) is 0 Å². The lowest BCUT2D eigenvalue weighted by Gasteiger charge is -2.47. The highest BCUT2D eigenvalue weighted by Gasteiger charge is 2.50. The first kappa shape index (κ1) is 21.6. The topological polar surface area (TPSA) is 26.3 Å². The van der Waals surface area contributed by atoms with Gasteiger partial charge < -0.3 is 4.43 Å². The van der Waals surface area contributed by atoms with Gasteiger partial charge in [-0.25, -0.2) is 0 Å². The predicted octanol–water partition coefficient (Wildman–Crippen LogP) is 7.49. The maximum absolute atomic E-state index is 13.3. The molecule has 0 N–H and O–H groups in total. The summed E-state index contributed by atoms with van der Waals surface area (Å²) in [5.41, 5.74) is 4.58. The predicted molar refractivity (Wildman–Crippen MR) is 124 cm³/mol. The van der Waals surface area contributed by atoms with E-state index in [-0.39, 0.29) is 11.7 Å². The first-order valence-electron chi connectivity index (χ1n) is 10.9. The van der Waals surface area contributed by atoms with Crippen molar-refractivity contribution in [1.29, 1.82) is 0 Å². The number of Topliss-reactive ketones (excluding diaryl/α,β-unsaturated/α-hetero) is 1. The van der Waals surface area contributed by atoms with Gasteiger partial charge in [0.1, 0.15) is 0 Å². The van der Waals surface area contributed by atoms with Crippen LogP contribution in [0.5, 0.6) is 0 Å². The van der Waals surface area contributed by atoms with Gasteiger partial charge in [0, 0.05) is 5.56 Å². The van der Waals surface area contributed by atoms with E-state index in [1.807, 2.05) is 36.4 Å². The number of hydrogen-bond acceptors (Lipinski definition) is 2. The van der Waals surface area contributed by atoms with E-state index in [0.29, 0.717) is 16.6 Å². The van der Waals surface area contributed by atoms with Crippen molar-refractivity contribution in [1.82, 2.24) is 0 Å². The van der Waals surface area contributed by atoms with Gasteiger partial charge in [0.15, 0.2) is 5.78 Å². The average Bonchev–Trinajstić information content (AvgIpc) is 2.68. The van der Waals surface area contributed by atoms with Crippen molar-refractivity contribution in [3.8, 4) is 0 Å². The number of benzene rings is 2. The third-order valence-electron chi connectivity index (χ3n) is 6.51. The molecule has 0 fully saturated rings. The molecule has 2 aromatic carbocycles. The van der Waals surface area contributed by atoms with Gasteiger partial charge in [-0.1, -0.05) is 102 Å². The minimum Gasteiger partial charge on any atom is -0.545 e. The van der Waals surface area contributed by atoms with Crippen molar-refractivity contribution in [2.45, 2.75) is 64.6 Å². The number of allylic oxidation sites excluding steroid dienone is 2. The summed E-state index contributed by atoms with van der Waals surface area (Å²) in [6, 6.07) is 20.1. The summed E-state index contributed by atoms with van der Waals surface area (Å²) < 4.78 is 7.08. The molecule has 0 heterocycles. The highest BCUT2D eigenvalue weighted by molar-refractivity contribution is 6.78. The largest absolute Gasteiger partial charge is 0.545 e. The second kappa shape index (κ2) is 8.70. The fourth-order valence-corrected chi connectivity index (χ4v) is 10.4. The van der Waals surface area contributed by atoms with Gasteiger partial charge in [-0.3, -0.25) is 4.79 Å². The van der Waals surface area contributed by atoms with Crippen molar-refractivity contribution in [3.63, 3.8) is 0 Å². The quantitative estimate of drug-likeness (QED) is 0.335. The monoisotopic (exact) mass is 406 g/mol. The summed E-state index contributed by atoms with van der Waals surface area (Å²) >= 11 is 0. The Kier molecular flexibility index (Phi) is 6.48. The van der Waals surface area contributed by atoms with E-state index in [2.05, 4.69) is 65.8 Å². The molecule has 0 amide bonds. The Morgan fingerprint density at radius 3 is 1.79 bits per heavy atom. The van der Waals surface area contributed by atoms with Gasteiger partial charge in [-0.05, 0) is 34.2 Å². The lowest BCUT2D eigenvalue weighted by atomic mass is 9.76. The van der Waals surface area contributed by atoms with E-state index in [1.165, 1.54) is 11.1 Å². The molecule has 0 saturated heterocycles. The molecule has 1 atom stereocenters. The first-order chi connectivity index (χ1) is 13.8. The molecule has 1 aliphatic rings. The lowest BCUT2D eigenvalue weighted by molar-refractivity contribution is 0.0901. The zero-order valence-electron chi connectivity index (χ0n) is 18.6. The number of hydrogen-bond donors (Lipinski definition) is 0. The lowest BCUT2D eigenvalue weighted by Crippen LogP contribution is -2.49. The van der Waals surface area contributed by atoms with Crippen LogP contribution in [0.1, 0.15) is 63.9 Å². The molecular formula is C26H34O2Si. The maximum Gasteiger partial charge on any atom is 0.258 e. The van der Waals surface area contributed by atoms with Crippen LogP contribution in [0, 0.1) is 5.92 Å². The number of rotatable bonds is 8. The molecule has 2 nitrogen and oxygen atoms in total. The molecule has 0 spiro atoms. The van der Waals surface area contributed by atoms with E-state index in [9.17, 15) is 4.79 Å². The number of ketones is 1. The summed E-state index contributed by atoms with van der Waals surface area (Å²) in [6.45, 7) is 13.8. The minimum atomic E-state index is -2.13. The van der Waals surface area contributed by atoms with E-state index < -0.39 is 8.32 Å². The molecule has 0 aromatic heterocycles. The van der Waals surface area contributed by atoms with E-state index in [1.54, 1.807) is 0 Å². The Hall–Kier alpha value is -2.13. The third-order valence-corrected chi connectivity index (χ3v) is 12.5. The first-order valence-corrected chi connectivity index (χ1v) is 13.0. The van der Waals surface area contributed by atoms with E-state index in [4.69, 9.17) is 4.43 Å². The third kappa shape index (κ3) is 3.98. The SMILES string of the molecule is CC(C)[Si](OC1=C(c2ccccc2)CC1C(=O)c1ccccc1)(C(C)C)C(C)C. The van der Waals surface area contributed by atoms with Crippen LogP contribution in [0.3, 0.4) is 0 Å². The van der Waals surface area contributed by atoms with Crippen LogP contribution in [0.25, 0.3) is 5.57 Å². The average molecular weight is 407 g/mol. The molecule has 1 aliphatic carbocycles. The molecule has 29 heavy (non-hydrogen) atoms.